The third-order valence-electron chi connectivity index (χ3n) is 3.98. The number of nitrogens with one attached hydrogen (secondary N) is 1. The van der Waals surface area contributed by atoms with Gasteiger partial charge in [-0.05, 0) is 37.9 Å². The number of carboxylic acids is 1. The Balaban J connectivity index is 1.91. The van der Waals surface area contributed by atoms with Crippen molar-refractivity contribution in [3.05, 3.63) is 24.2 Å². The molecule has 1 atom stereocenters. The molecule has 1 aromatic heterocycles. The van der Waals surface area contributed by atoms with Crippen LogP contribution in [0.2, 0.25) is 0 Å². The minimum atomic E-state index is -0.887. The number of nitrogens with zero attached hydrogens (tertiary/aromatic N) is 1. The molecule has 0 spiro atoms. The molecule has 0 bridgehead atoms. The van der Waals surface area contributed by atoms with Crippen LogP contribution in [0, 0.1) is 0 Å². The van der Waals surface area contributed by atoms with E-state index in [1.54, 1.807) is 23.3 Å². The maximum Gasteiger partial charge on any atom is 0.324 e. The lowest BCUT2D eigenvalue weighted by atomic mass is 9.93. The van der Waals surface area contributed by atoms with Crippen molar-refractivity contribution in [3.63, 3.8) is 0 Å². The van der Waals surface area contributed by atoms with E-state index in [-0.39, 0.29) is 12.5 Å². The van der Waals surface area contributed by atoms with E-state index in [9.17, 15) is 14.7 Å². The van der Waals surface area contributed by atoms with E-state index in [1.165, 1.54) is 0 Å². The molecule has 1 amide bonds. The third kappa shape index (κ3) is 2.85. The van der Waals surface area contributed by atoms with Gasteiger partial charge < -0.3 is 14.8 Å². The molecule has 0 saturated carbocycles. The fourth-order valence-corrected chi connectivity index (χ4v) is 2.79. The molecule has 1 fully saturated rings. The van der Waals surface area contributed by atoms with E-state index >= 15 is 0 Å². The van der Waals surface area contributed by atoms with Gasteiger partial charge in [-0.15, -0.1) is 0 Å². The molecule has 110 valence electrons. The van der Waals surface area contributed by atoms with Gasteiger partial charge in [0.1, 0.15) is 11.3 Å². The Kier molecular flexibility index (Phi) is 4.44. The number of carbonyl (C=O) groups is 2. The van der Waals surface area contributed by atoms with Gasteiger partial charge >= 0.3 is 5.97 Å². The summed E-state index contributed by atoms with van der Waals surface area (Å²) in [6, 6.07) is 3.54. The van der Waals surface area contributed by atoms with Crippen molar-refractivity contribution in [2.45, 2.75) is 38.3 Å². The first kappa shape index (κ1) is 14.6. The van der Waals surface area contributed by atoms with E-state index in [0.717, 1.165) is 6.42 Å². The van der Waals surface area contributed by atoms with Crippen LogP contribution in [0.15, 0.2) is 22.8 Å². The number of carbonyl (C=O) groups excluding carboxylic acids is 1. The van der Waals surface area contributed by atoms with E-state index in [4.69, 9.17) is 4.42 Å². The van der Waals surface area contributed by atoms with Crippen LogP contribution in [0.3, 0.4) is 0 Å². The van der Waals surface area contributed by atoms with Gasteiger partial charge in [-0.1, -0.05) is 6.92 Å². The molecule has 0 aromatic carbocycles. The minimum absolute atomic E-state index is 0.112. The number of aliphatic carboxylic acids is 1. The molecule has 1 unspecified atom stereocenters. The lowest BCUT2D eigenvalue weighted by Crippen LogP contribution is -2.53. The van der Waals surface area contributed by atoms with E-state index in [0.29, 0.717) is 31.7 Å². The van der Waals surface area contributed by atoms with Gasteiger partial charge in [-0.3, -0.25) is 14.5 Å². The molecule has 0 aliphatic carbocycles. The van der Waals surface area contributed by atoms with Crippen LogP contribution in [0.1, 0.15) is 31.9 Å². The predicted molar refractivity (Wildman–Crippen MR) is 72.0 cm³/mol. The summed E-state index contributed by atoms with van der Waals surface area (Å²) in [5.41, 5.74) is -0.887. The molecule has 1 aliphatic rings. The average Bonchev–Trinajstić information content (AvgIpc) is 3.05. The van der Waals surface area contributed by atoms with E-state index in [1.807, 2.05) is 6.92 Å². The highest BCUT2D eigenvalue weighted by Gasteiger charge is 2.46. The fourth-order valence-electron chi connectivity index (χ4n) is 2.79. The lowest BCUT2D eigenvalue weighted by Gasteiger charge is -2.33. The Labute approximate surface area is 117 Å². The van der Waals surface area contributed by atoms with Crippen molar-refractivity contribution in [1.29, 1.82) is 0 Å². The van der Waals surface area contributed by atoms with Crippen LogP contribution < -0.4 is 5.32 Å². The molecule has 20 heavy (non-hydrogen) atoms. The van der Waals surface area contributed by atoms with E-state index < -0.39 is 11.5 Å². The molecule has 1 saturated heterocycles. The summed E-state index contributed by atoms with van der Waals surface area (Å²) in [7, 11) is 0. The largest absolute Gasteiger partial charge is 0.480 e. The number of rotatable bonds is 6. The Hall–Kier alpha value is -1.82. The number of likely N-dealkylation sites (tertiary alicyclic amines) is 1. The Morgan fingerprint density at radius 3 is 2.95 bits per heavy atom. The maximum absolute atomic E-state index is 11.9. The summed E-state index contributed by atoms with van der Waals surface area (Å²) >= 11 is 0. The van der Waals surface area contributed by atoms with Crippen molar-refractivity contribution in [3.8, 4) is 0 Å². The van der Waals surface area contributed by atoms with Crippen LogP contribution in [-0.2, 0) is 16.1 Å². The van der Waals surface area contributed by atoms with E-state index in [2.05, 4.69) is 5.32 Å². The zero-order valence-electron chi connectivity index (χ0n) is 11.6. The van der Waals surface area contributed by atoms with Crippen LogP contribution in [0.25, 0.3) is 0 Å². The number of hydrogen-bond acceptors (Lipinski definition) is 4. The van der Waals surface area contributed by atoms with Crippen LogP contribution in [0.4, 0.5) is 0 Å². The molecule has 2 heterocycles. The smallest absolute Gasteiger partial charge is 0.324 e. The summed E-state index contributed by atoms with van der Waals surface area (Å²) in [5, 5.41) is 12.2. The second-order valence-corrected chi connectivity index (χ2v) is 5.07. The quantitative estimate of drug-likeness (QED) is 0.819. The summed E-state index contributed by atoms with van der Waals surface area (Å²) in [6.45, 7) is 2.94. The van der Waals surface area contributed by atoms with Gasteiger partial charge in [-0.25, -0.2) is 0 Å². The van der Waals surface area contributed by atoms with Crippen molar-refractivity contribution >= 4 is 11.9 Å². The predicted octanol–water partition coefficient (Wildman–Crippen LogP) is 1.22. The first-order chi connectivity index (χ1) is 9.58. The summed E-state index contributed by atoms with van der Waals surface area (Å²) in [6.07, 6.45) is 3.47. The zero-order valence-corrected chi connectivity index (χ0v) is 11.6. The van der Waals surface area contributed by atoms with Gasteiger partial charge in [0.2, 0.25) is 5.91 Å². The summed E-state index contributed by atoms with van der Waals surface area (Å²) in [4.78, 5) is 25.2. The minimum Gasteiger partial charge on any atom is -0.480 e. The standard InChI is InChI=1S/C14H20N2O4/c1-2-14(13(18)19)6-4-7-16(14)10-12(17)15-9-11-5-3-8-20-11/h3,5,8H,2,4,6-7,9-10H2,1H3,(H,15,17)(H,18,19). The first-order valence-electron chi connectivity index (χ1n) is 6.86. The first-order valence-corrected chi connectivity index (χ1v) is 6.86. The van der Waals surface area contributed by atoms with Crippen LogP contribution in [-0.4, -0.2) is 40.5 Å². The monoisotopic (exact) mass is 280 g/mol. The summed E-state index contributed by atoms with van der Waals surface area (Å²) in [5.74, 6) is -0.335. The van der Waals surface area contributed by atoms with Crippen molar-refractivity contribution in [1.82, 2.24) is 10.2 Å². The number of furan rings is 1. The second-order valence-electron chi connectivity index (χ2n) is 5.07. The van der Waals surface area contributed by atoms with Crippen LogP contribution >= 0.6 is 0 Å². The van der Waals surface area contributed by atoms with Crippen molar-refractivity contribution < 1.29 is 19.1 Å². The number of carboxylic acid groups (broad SMARTS) is 1. The maximum atomic E-state index is 11.9. The number of amides is 1. The summed E-state index contributed by atoms with van der Waals surface area (Å²) < 4.78 is 5.13. The molecule has 2 rings (SSSR count). The second kappa shape index (κ2) is 6.09. The number of hydrogen-bond donors (Lipinski definition) is 2. The highest BCUT2D eigenvalue weighted by Crippen LogP contribution is 2.32. The molecule has 1 aliphatic heterocycles. The van der Waals surface area contributed by atoms with Gasteiger partial charge in [-0.2, -0.15) is 0 Å². The highest BCUT2D eigenvalue weighted by molar-refractivity contribution is 5.82. The van der Waals surface area contributed by atoms with Crippen molar-refractivity contribution in [2.24, 2.45) is 0 Å². The van der Waals surface area contributed by atoms with Crippen LogP contribution in [0.5, 0.6) is 0 Å². The Morgan fingerprint density at radius 1 is 1.55 bits per heavy atom. The highest BCUT2D eigenvalue weighted by atomic mass is 16.4. The molecule has 1 aromatic rings. The SMILES string of the molecule is CCC1(C(=O)O)CCCN1CC(=O)NCc1ccco1. The van der Waals surface area contributed by atoms with Gasteiger partial charge in [0.25, 0.3) is 0 Å². The Morgan fingerprint density at radius 2 is 2.35 bits per heavy atom. The molecule has 0 radical (unpaired) electrons. The normalized spacial score (nSPS) is 22.9. The molecule has 2 N–H and O–H groups in total. The van der Waals surface area contributed by atoms with Gasteiger partial charge in [0, 0.05) is 0 Å². The van der Waals surface area contributed by atoms with Gasteiger partial charge in [0.15, 0.2) is 0 Å². The molecular formula is C14H20N2O4. The molecule has 6 nitrogen and oxygen atoms in total. The Bertz CT molecular complexity index is 472. The average molecular weight is 280 g/mol. The van der Waals surface area contributed by atoms with Gasteiger partial charge in [0.05, 0.1) is 19.4 Å². The third-order valence-corrected chi connectivity index (χ3v) is 3.98. The molecule has 6 heteroatoms. The topological polar surface area (TPSA) is 82.8 Å². The zero-order chi connectivity index (χ0) is 14.6. The van der Waals surface area contributed by atoms with Crippen molar-refractivity contribution in [2.75, 3.05) is 13.1 Å². The molecular weight excluding hydrogens is 260 g/mol. The lowest BCUT2D eigenvalue weighted by molar-refractivity contribution is -0.150. The fraction of sp³-hybridized carbons (Fsp3) is 0.571.